The van der Waals surface area contributed by atoms with Gasteiger partial charge in [0, 0.05) is 23.8 Å². The highest BCUT2D eigenvalue weighted by atomic mass is 32.2. The lowest BCUT2D eigenvalue weighted by Gasteiger charge is -2.24. The van der Waals surface area contributed by atoms with Gasteiger partial charge in [-0.1, -0.05) is 0 Å². The number of ether oxygens (including phenoxy) is 4. The standard InChI is InChI=1S/C18H29NO8S/c1-5-24-15(22)12(19-16(23)27-17(2,3)4)10-28-13-9-18(25-6-7-26-18)8-11(13)14(20)21/h11-13H,5-10H2,1-4H3,(H,19,23)(H,20,21)/t11-,12-,13-/m0/s1. The Morgan fingerprint density at radius 2 is 1.89 bits per heavy atom. The molecule has 28 heavy (non-hydrogen) atoms. The summed E-state index contributed by atoms with van der Waals surface area (Å²) in [5, 5.41) is 11.8. The lowest BCUT2D eigenvalue weighted by Crippen LogP contribution is -2.46. The number of carbonyl (C=O) groups is 3. The Morgan fingerprint density at radius 1 is 1.25 bits per heavy atom. The molecular formula is C18H29NO8S. The first-order chi connectivity index (χ1) is 13.1. The predicted molar refractivity (Wildman–Crippen MR) is 101 cm³/mol. The molecule has 1 aliphatic heterocycles. The van der Waals surface area contributed by atoms with E-state index in [1.807, 2.05) is 0 Å². The van der Waals surface area contributed by atoms with Crippen molar-refractivity contribution < 1.29 is 38.4 Å². The van der Waals surface area contributed by atoms with Crippen molar-refractivity contribution in [3.63, 3.8) is 0 Å². The molecule has 1 saturated carbocycles. The second-order valence-electron chi connectivity index (χ2n) is 7.78. The first kappa shape index (κ1) is 22.8. The summed E-state index contributed by atoms with van der Waals surface area (Å²) in [7, 11) is 0. The third-order valence-corrected chi connectivity index (χ3v) is 5.81. The Kier molecular flexibility index (Phi) is 7.58. The van der Waals surface area contributed by atoms with E-state index >= 15 is 0 Å². The minimum absolute atomic E-state index is 0.155. The molecule has 0 radical (unpaired) electrons. The zero-order valence-electron chi connectivity index (χ0n) is 16.7. The first-order valence-corrected chi connectivity index (χ1v) is 10.4. The van der Waals surface area contributed by atoms with Gasteiger partial charge in [0.1, 0.15) is 11.6 Å². The van der Waals surface area contributed by atoms with Crippen LogP contribution in [0.25, 0.3) is 0 Å². The van der Waals surface area contributed by atoms with Gasteiger partial charge in [0.05, 0.1) is 25.7 Å². The van der Waals surface area contributed by atoms with E-state index in [9.17, 15) is 19.5 Å². The molecule has 10 heteroatoms. The van der Waals surface area contributed by atoms with Crippen LogP contribution in [-0.2, 0) is 28.5 Å². The van der Waals surface area contributed by atoms with Crippen molar-refractivity contribution >= 4 is 29.8 Å². The van der Waals surface area contributed by atoms with Gasteiger partial charge in [-0.3, -0.25) is 4.79 Å². The van der Waals surface area contributed by atoms with Crippen LogP contribution in [0.2, 0.25) is 0 Å². The Labute approximate surface area is 168 Å². The highest BCUT2D eigenvalue weighted by Crippen LogP contribution is 2.46. The molecule has 0 aromatic heterocycles. The number of esters is 1. The SMILES string of the molecule is CCOC(=O)[C@H](CS[C@H]1CC2(C[C@@H]1C(=O)O)OCCO2)NC(=O)OC(C)(C)C. The summed E-state index contributed by atoms with van der Waals surface area (Å²) in [6, 6.07) is -0.948. The van der Waals surface area contributed by atoms with Crippen LogP contribution in [0.5, 0.6) is 0 Å². The molecule has 2 aliphatic rings. The fourth-order valence-electron chi connectivity index (χ4n) is 3.23. The summed E-state index contributed by atoms with van der Waals surface area (Å²) in [5.74, 6) is -2.89. The fourth-order valence-corrected chi connectivity index (χ4v) is 4.71. The molecule has 160 valence electrons. The van der Waals surface area contributed by atoms with Crippen LogP contribution in [-0.4, -0.2) is 71.4 Å². The van der Waals surface area contributed by atoms with E-state index in [0.717, 1.165) is 0 Å². The van der Waals surface area contributed by atoms with Gasteiger partial charge < -0.3 is 29.4 Å². The van der Waals surface area contributed by atoms with Gasteiger partial charge in [-0.05, 0) is 27.7 Å². The second kappa shape index (κ2) is 9.32. The highest BCUT2D eigenvalue weighted by molar-refractivity contribution is 8.00. The summed E-state index contributed by atoms with van der Waals surface area (Å²) in [4.78, 5) is 36.0. The van der Waals surface area contributed by atoms with Gasteiger partial charge in [0.15, 0.2) is 5.79 Å². The van der Waals surface area contributed by atoms with E-state index < -0.39 is 41.4 Å². The van der Waals surface area contributed by atoms with Crippen molar-refractivity contribution in [2.24, 2.45) is 5.92 Å². The lowest BCUT2D eigenvalue weighted by atomic mass is 10.1. The number of carboxylic acid groups (broad SMARTS) is 1. The Morgan fingerprint density at radius 3 is 2.43 bits per heavy atom. The normalized spacial score (nSPS) is 24.7. The Bertz CT molecular complexity index is 585. The molecule has 3 atom stereocenters. The van der Waals surface area contributed by atoms with Crippen LogP contribution in [0.15, 0.2) is 0 Å². The molecule has 1 heterocycles. The summed E-state index contributed by atoms with van der Waals surface area (Å²) >= 11 is 1.29. The molecule has 2 fully saturated rings. The van der Waals surface area contributed by atoms with Crippen molar-refractivity contribution in [3.8, 4) is 0 Å². The maximum atomic E-state index is 12.2. The van der Waals surface area contributed by atoms with Crippen molar-refractivity contribution in [2.75, 3.05) is 25.6 Å². The van der Waals surface area contributed by atoms with Crippen LogP contribution < -0.4 is 5.32 Å². The van der Waals surface area contributed by atoms with Crippen molar-refractivity contribution in [1.82, 2.24) is 5.32 Å². The fraction of sp³-hybridized carbons (Fsp3) is 0.833. The summed E-state index contributed by atoms with van der Waals surface area (Å²) in [6.45, 7) is 7.88. The Hall–Kier alpha value is -1.52. The van der Waals surface area contributed by atoms with Gasteiger partial charge in [-0.25, -0.2) is 9.59 Å². The third kappa shape index (κ3) is 6.25. The summed E-state index contributed by atoms with van der Waals surface area (Å²) < 4.78 is 21.5. The van der Waals surface area contributed by atoms with Crippen LogP contribution >= 0.6 is 11.8 Å². The molecule has 0 aromatic carbocycles. The number of aliphatic carboxylic acids is 1. The molecular weight excluding hydrogens is 390 g/mol. The minimum atomic E-state index is -0.948. The summed E-state index contributed by atoms with van der Waals surface area (Å²) in [6.07, 6.45) is -0.0495. The molecule has 2 rings (SSSR count). The van der Waals surface area contributed by atoms with Crippen LogP contribution in [0.3, 0.4) is 0 Å². The molecule has 1 amide bonds. The van der Waals surface area contributed by atoms with Crippen LogP contribution in [0.4, 0.5) is 4.79 Å². The van der Waals surface area contributed by atoms with Gasteiger partial charge in [-0.2, -0.15) is 11.8 Å². The topological polar surface area (TPSA) is 120 Å². The number of thioether (sulfide) groups is 1. The van der Waals surface area contributed by atoms with Gasteiger partial charge in [-0.15, -0.1) is 0 Å². The number of alkyl carbamates (subject to hydrolysis) is 1. The average molecular weight is 419 g/mol. The van der Waals surface area contributed by atoms with E-state index in [-0.39, 0.29) is 24.0 Å². The zero-order chi connectivity index (χ0) is 20.9. The maximum absolute atomic E-state index is 12.2. The van der Waals surface area contributed by atoms with E-state index in [4.69, 9.17) is 18.9 Å². The second-order valence-corrected chi connectivity index (χ2v) is 9.06. The Balaban J connectivity index is 2.01. The van der Waals surface area contributed by atoms with Crippen molar-refractivity contribution in [2.45, 2.75) is 63.2 Å². The molecule has 0 bridgehead atoms. The lowest BCUT2D eigenvalue weighted by molar-refractivity contribution is -0.159. The largest absolute Gasteiger partial charge is 0.481 e. The van der Waals surface area contributed by atoms with Gasteiger partial charge in [0.25, 0.3) is 0 Å². The van der Waals surface area contributed by atoms with E-state index in [1.165, 1.54) is 11.8 Å². The number of nitrogens with one attached hydrogen (secondary N) is 1. The van der Waals surface area contributed by atoms with Crippen molar-refractivity contribution in [1.29, 1.82) is 0 Å². The smallest absolute Gasteiger partial charge is 0.408 e. The van der Waals surface area contributed by atoms with E-state index in [2.05, 4.69) is 5.32 Å². The number of rotatable bonds is 7. The van der Waals surface area contributed by atoms with Crippen molar-refractivity contribution in [3.05, 3.63) is 0 Å². The molecule has 1 aliphatic carbocycles. The van der Waals surface area contributed by atoms with Crippen LogP contribution in [0.1, 0.15) is 40.5 Å². The molecule has 0 unspecified atom stereocenters. The minimum Gasteiger partial charge on any atom is -0.481 e. The number of carboxylic acids is 1. The number of amides is 1. The molecule has 2 N–H and O–H groups in total. The zero-order valence-corrected chi connectivity index (χ0v) is 17.5. The van der Waals surface area contributed by atoms with E-state index in [1.54, 1.807) is 27.7 Å². The number of hydrogen-bond acceptors (Lipinski definition) is 8. The third-order valence-electron chi connectivity index (χ3n) is 4.36. The number of hydrogen-bond donors (Lipinski definition) is 2. The monoisotopic (exact) mass is 419 g/mol. The molecule has 9 nitrogen and oxygen atoms in total. The van der Waals surface area contributed by atoms with E-state index in [0.29, 0.717) is 19.6 Å². The molecule has 1 spiro atoms. The predicted octanol–water partition coefficient (Wildman–Crippen LogP) is 1.78. The van der Waals surface area contributed by atoms with Gasteiger partial charge >= 0.3 is 18.0 Å². The molecule has 0 aromatic rings. The average Bonchev–Trinajstić information content (AvgIpc) is 3.17. The summed E-state index contributed by atoms with van der Waals surface area (Å²) in [5.41, 5.74) is -0.709. The quantitative estimate of drug-likeness (QED) is 0.595. The number of carbonyl (C=O) groups excluding carboxylic acids is 2. The molecule has 1 saturated heterocycles. The van der Waals surface area contributed by atoms with Crippen LogP contribution in [0, 0.1) is 5.92 Å². The first-order valence-electron chi connectivity index (χ1n) is 9.34. The highest BCUT2D eigenvalue weighted by Gasteiger charge is 2.52. The maximum Gasteiger partial charge on any atom is 0.408 e. The van der Waals surface area contributed by atoms with Gasteiger partial charge in [0.2, 0.25) is 0 Å².